The van der Waals surface area contributed by atoms with Crippen molar-refractivity contribution in [2.24, 2.45) is 0 Å². The second-order valence-electron chi connectivity index (χ2n) is 7.25. The summed E-state index contributed by atoms with van der Waals surface area (Å²) in [6.07, 6.45) is 4.63. The van der Waals surface area contributed by atoms with Gasteiger partial charge in [-0.2, -0.15) is 5.26 Å². The number of ether oxygens (including phenoxy) is 1. The van der Waals surface area contributed by atoms with Crippen LogP contribution in [-0.4, -0.2) is 31.9 Å². The summed E-state index contributed by atoms with van der Waals surface area (Å²) < 4.78 is 5.29. The summed E-state index contributed by atoms with van der Waals surface area (Å²) in [5.74, 6) is 1.24. The van der Waals surface area contributed by atoms with E-state index in [1.807, 2.05) is 36.4 Å². The number of nitrogens with one attached hydrogen (secondary N) is 2. The molecule has 2 aromatic rings. The Balaban J connectivity index is 1.70. The van der Waals surface area contributed by atoms with Gasteiger partial charge in [-0.05, 0) is 55.7 Å². The number of methoxy groups -OCH3 is 1. The van der Waals surface area contributed by atoms with Gasteiger partial charge in [-0.1, -0.05) is 12.1 Å². The van der Waals surface area contributed by atoms with Gasteiger partial charge in [-0.15, -0.1) is 11.8 Å². The van der Waals surface area contributed by atoms with Gasteiger partial charge in [-0.25, -0.2) is 0 Å². The monoisotopic (exact) mass is 410 g/mol. The number of thioether (sulfide) groups is 1. The molecule has 2 aromatic carbocycles. The van der Waals surface area contributed by atoms with Crippen LogP contribution in [0.1, 0.15) is 37.3 Å². The molecule has 3 rings (SSSR count). The molecule has 29 heavy (non-hydrogen) atoms. The van der Waals surface area contributed by atoms with E-state index in [1.54, 1.807) is 7.11 Å². The Kier molecular flexibility index (Phi) is 7.97. The van der Waals surface area contributed by atoms with Crippen LogP contribution in [0.3, 0.4) is 0 Å². The van der Waals surface area contributed by atoms with Crippen molar-refractivity contribution in [1.82, 2.24) is 0 Å². The topological polar surface area (TPSA) is 66.6 Å². The number of amides is 1. The first kappa shape index (κ1) is 21.2. The molecule has 6 heteroatoms. The van der Waals surface area contributed by atoms with Crippen LogP contribution >= 0.6 is 11.8 Å². The summed E-state index contributed by atoms with van der Waals surface area (Å²) >= 11 is 1.44. The smallest absolute Gasteiger partial charge is 0.279 e. The summed E-state index contributed by atoms with van der Waals surface area (Å²) in [5, 5.41) is 11.9. The number of rotatable bonds is 7. The maximum atomic E-state index is 12.9. The molecular weight excluding hydrogens is 382 g/mol. The van der Waals surface area contributed by atoms with Crippen molar-refractivity contribution in [2.75, 3.05) is 31.3 Å². The maximum absolute atomic E-state index is 12.9. The fourth-order valence-corrected chi connectivity index (χ4v) is 4.58. The Morgan fingerprint density at radius 2 is 2.00 bits per heavy atom. The second-order valence-corrected chi connectivity index (χ2v) is 8.27. The van der Waals surface area contributed by atoms with Crippen LogP contribution in [0.15, 0.2) is 53.4 Å². The van der Waals surface area contributed by atoms with E-state index < -0.39 is 0 Å². The number of para-hydroxylation sites is 1. The van der Waals surface area contributed by atoms with Crippen molar-refractivity contribution < 1.29 is 14.4 Å². The Labute approximate surface area is 177 Å². The molecule has 0 saturated carbocycles. The predicted molar refractivity (Wildman–Crippen MR) is 116 cm³/mol. The normalized spacial score (nSPS) is 19.0. The van der Waals surface area contributed by atoms with Crippen LogP contribution in [0, 0.1) is 11.3 Å². The summed E-state index contributed by atoms with van der Waals surface area (Å²) in [7, 11) is 1.68. The van der Waals surface area contributed by atoms with Crippen molar-refractivity contribution >= 4 is 23.4 Å². The number of likely N-dealkylation sites (tertiary alicyclic amines) is 1. The predicted octanol–water partition coefficient (Wildman–Crippen LogP) is 3.45. The van der Waals surface area contributed by atoms with Crippen molar-refractivity contribution in [1.29, 1.82) is 5.26 Å². The third-order valence-corrected chi connectivity index (χ3v) is 6.28. The Morgan fingerprint density at radius 1 is 1.21 bits per heavy atom. The van der Waals surface area contributed by atoms with Crippen LogP contribution in [0.2, 0.25) is 0 Å². The molecule has 1 aliphatic rings. The minimum absolute atomic E-state index is 0.0189. The average molecular weight is 411 g/mol. The number of nitriles is 1. The number of hydrogen-bond donors (Lipinski definition) is 2. The SMILES string of the molecule is COc1ccc([C@H]2CCCCC[NH+]2CC(=O)Nc2ccccc2SCC#N)cc1. The van der Waals surface area contributed by atoms with Crippen molar-refractivity contribution in [2.45, 2.75) is 36.6 Å². The van der Waals surface area contributed by atoms with E-state index in [-0.39, 0.29) is 5.91 Å². The molecule has 0 spiro atoms. The summed E-state index contributed by atoms with van der Waals surface area (Å²) in [4.78, 5) is 15.1. The number of carbonyl (C=O) groups is 1. The van der Waals surface area contributed by atoms with Gasteiger partial charge in [0.15, 0.2) is 6.54 Å². The first-order chi connectivity index (χ1) is 14.2. The Bertz CT molecular complexity index is 848. The molecule has 1 fully saturated rings. The zero-order valence-electron chi connectivity index (χ0n) is 16.8. The zero-order chi connectivity index (χ0) is 20.5. The third kappa shape index (κ3) is 5.99. The molecule has 1 amide bonds. The minimum atomic E-state index is 0.0189. The maximum Gasteiger partial charge on any atom is 0.279 e. The Hall–Kier alpha value is -2.49. The first-order valence-electron chi connectivity index (χ1n) is 10.1. The van der Waals surface area contributed by atoms with Crippen LogP contribution in [-0.2, 0) is 4.79 Å². The van der Waals surface area contributed by atoms with Crippen molar-refractivity contribution in [3.8, 4) is 11.8 Å². The van der Waals surface area contributed by atoms with E-state index in [4.69, 9.17) is 10.00 Å². The van der Waals surface area contributed by atoms with Gasteiger partial charge < -0.3 is 15.0 Å². The molecule has 2 N–H and O–H groups in total. The lowest BCUT2D eigenvalue weighted by Crippen LogP contribution is -3.13. The van der Waals surface area contributed by atoms with E-state index in [0.717, 1.165) is 35.7 Å². The highest BCUT2D eigenvalue weighted by Crippen LogP contribution is 2.26. The molecular formula is C23H28N3O2S+. The molecule has 0 aliphatic carbocycles. The molecule has 1 saturated heterocycles. The molecule has 1 aliphatic heterocycles. The number of anilines is 1. The number of hydrogen-bond acceptors (Lipinski definition) is 4. The van der Waals surface area contributed by atoms with Crippen molar-refractivity contribution in [3.63, 3.8) is 0 Å². The van der Waals surface area contributed by atoms with E-state index in [1.165, 1.54) is 35.1 Å². The largest absolute Gasteiger partial charge is 0.497 e. The van der Waals surface area contributed by atoms with Gasteiger partial charge in [0, 0.05) is 16.9 Å². The minimum Gasteiger partial charge on any atom is -0.497 e. The van der Waals surface area contributed by atoms with E-state index >= 15 is 0 Å². The second kappa shape index (κ2) is 10.9. The van der Waals surface area contributed by atoms with Gasteiger partial charge in [-0.3, -0.25) is 4.79 Å². The molecule has 0 aromatic heterocycles. The lowest BCUT2D eigenvalue weighted by Gasteiger charge is -2.27. The molecule has 1 heterocycles. The lowest BCUT2D eigenvalue weighted by molar-refractivity contribution is -0.923. The van der Waals surface area contributed by atoms with Gasteiger partial charge in [0.1, 0.15) is 11.8 Å². The highest BCUT2D eigenvalue weighted by atomic mass is 32.2. The van der Waals surface area contributed by atoms with Crippen LogP contribution < -0.4 is 15.0 Å². The molecule has 5 nitrogen and oxygen atoms in total. The molecule has 0 bridgehead atoms. The molecule has 2 atom stereocenters. The van der Waals surface area contributed by atoms with Crippen molar-refractivity contribution in [3.05, 3.63) is 54.1 Å². The van der Waals surface area contributed by atoms with Crippen LogP contribution in [0.5, 0.6) is 5.75 Å². The standard InChI is InChI=1S/C23H27N3O2S/c1-28-19-12-10-18(11-13-19)21-8-3-2-6-15-26(21)17-23(27)25-20-7-4-5-9-22(20)29-16-14-24/h4-5,7,9-13,21H,2-3,6,8,15-17H2,1H3,(H,25,27)/p+1/t21-/m1/s1. The number of benzene rings is 2. The first-order valence-corrected chi connectivity index (χ1v) is 11.1. The van der Waals surface area contributed by atoms with E-state index in [0.29, 0.717) is 18.3 Å². The molecule has 1 unspecified atom stereocenters. The van der Waals surface area contributed by atoms with Gasteiger partial charge >= 0.3 is 0 Å². The number of carbonyl (C=O) groups excluding carboxylic acids is 1. The van der Waals surface area contributed by atoms with E-state index in [2.05, 4.69) is 23.5 Å². The molecule has 0 radical (unpaired) electrons. The van der Waals surface area contributed by atoms with Gasteiger partial charge in [0.05, 0.1) is 31.2 Å². The van der Waals surface area contributed by atoms with Crippen LogP contribution in [0.4, 0.5) is 5.69 Å². The van der Waals surface area contributed by atoms with E-state index in [9.17, 15) is 4.79 Å². The average Bonchev–Trinajstić information content (AvgIpc) is 2.98. The Morgan fingerprint density at radius 3 is 2.76 bits per heavy atom. The number of quaternary nitrogens is 1. The highest BCUT2D eigenvalue weighted by Gasteiger charge is 2.28. The van der Waals surface area contributed by atoms with Gasteiger partial charge in [0.2, 0.25) is 0 Å². The fourth-order valence-electron chi connectivity index (χ4n) is 3.91. The lowest BCUT2D eigenvalue weighted by atomic mass is 10.0. The zero-order valence-corrected chi connectivity index (χ0v) is 17.6. The molecule has 152 valence electrons. The van der Waals surface area contributed by atoms with Gasteiger partial charge in [0.25, 0.3) is 5.91 Å². The summed E-state index contributed by atoms with van der Waals surface area (Å²) in [6.45, 7) is 1.43. The fraction of sp³-hybridized carbons (Fsp3) is 0.391. The summed E-state index contributed by atoms with van der Waals surface area (Å²) in [6, 6.07) is 18.4. The number of nitrogens with zero attached hydrogens (tertiary/aromatic N) is 1. The van der Waals surface area contributed by atoms with Crippen LogP contribution in [0.25, 0.3) is 0 Å². The quantitative estimate of drug-likeness (QED) is 0.686. The third-order valence-electron chi connectivity index (χ3n) is 5.34. The summed E-state index contributed by atoms with van der Waals surface area (Å²) in [5.41, 5.74) is 2.05. The highest BCUT2D eigenvalue weighted by molar-refractivity contribution is 7.99.